The van der Waals surface area contributed by atoms with Crippen molar-refractivity contribution in [2.75, 3.05) is 27.2 Å². The van der Waals surface area contributed by atoms with E-state index < -0.39 is 11.7 Å². The minimum Gasteiger partial charge on any atom is -0.366 e. The molecule has 0 aromatic heterocycles. The highest BCUT2D eigenvalue weighted by molar-refractivity contribution is 6.05. The molecule has 1 aliphatic carbocycles. The van der Waals surface area contributed by atoms with Gasteiger partial charge < -0.3 is 21.3 Å². The zero-order valence-electron chi connectivity index (χ0n) is 20.4. The molecule has 1 saturated carbocycles. The first-order chi connectivity index (χ1) is 15.9. The fraction of sp³-hybridized carbons (Fsp3) is 0.423. The minimum absolute atomic E-state index is 0.0856. The van der Waals surface area contributed by atoms with Crippen molar-refractivity contribution in [3.8, 4) is 11.1 Å². The molecular weight excluding hydrogens is 435 g/mol. The van der Waals surface area contributed by atoms with Crippen molar-refractivity contribution in [2.24, 2.45) is 11.1 Å². The fourth-order valence-electron chi connectivity index (χ4n) is 4.04. The van der Waals surface area contributed by atoms with Gasteiger partial charge >= 0.3 is 0 Å². The number of halogens is 1. The molecule has 8 heteroatoms. The predicted octanol–water partition coefficient (Wildman–Crippen LogP) is 3.11. The molecule has 1 aliphatic rings. The molecule has 3 amide bonds. The normalized spacial score (nSPS) is 13.6. The average Bonchev–Trinajstić information content (AvgIpc) is 3.56. The van der Waals surface area contributed by atoms with E-state index in [-0.39, 0.29) is 45.5 Å². The second-order valence-corrected chi connectivity index (χ2v) is 10.1. The standard InChI is InChI=1S/C26H33FN4O3/c1-15-20(11-17(12-22(15)27)25(34)30-18-7-8-18)19-9-6-16(10-21(19)23(28)32)24(33)29-13-26(2,3)14-31(4)5/h6,9-12,18H,7-8,13-14H2,1-5H3,(H2,28,32)(H,29,33)(H,30,34). The molecule has 3 rings (SSSR count). The van der Waals surface area contributed by atoms with Gasteiger partial charge in [-0.1, -0.05) is 19.9 Å². The van der Waals surface area contributed by atoms with Gasteiger partial charge in [-0.2, -0.15) is 0 Å². The third-order valence-corrected chi connectivity index (χ3v) is 5.83. The van der Waals surface area contributed by atoms with Crippen LogP contribution in [0.25, 0.3) is 11.1 Å². The van der Waals surface area contributed by atoms with Crippen LogP contribution >= 0.6 is 0 Å². The van der Waals surface area contributed by atoms with Crippen molar-refractivity contribution in [3.63, 3.8) is 0 Å². The van der Waals surface area contributed by atoms with Gasteiger partial charge in [0.15, 0.2) is 0 Å². The lowest BCUT2D eigenvalue weighted by molar-refractivity contribution is 0.0927. The second kappa shape index (κ2) is 9.93. The van der Waals surface area contributed by atoms with Crippen molar-refractivity contribution < 1.29 is 18.8 Å². The third kappa shape index (κ3) is 6.20. The zero-order chi connectivity index (χ0) is 25.2. The first-order valence-electron chi connectivity index (χ1n) is 11.4. The molecule has 4 N–H and O–H groups in total. The number of amides is 3. The summed E-state index contributed by atoms with van der Waals surface area (Å²) < 4.78 is 14.7. The SMILES string of the molecule is Cc1c(F)cc(C(=O)NC2CC2)cc1-c1ccc(C(=O)NCC(C)(C)CN(C)C)cc1C(N)=O. The Morgan fingerprint density at radius 1 is 1.06 bits per heavy atom. The molecule has 2 aromatic rings. The molecule has 0 aliphatic heterocycles. The van der Waals surface area contributed by atoms with Gasteiger partial charge in [-0.15, -0.1) is 0 Å². The molecule has 0 radical (unpaired) electrons. The maximum Gasteiger partial charge on any atom is 0.251 e. The van der Waals surface area contributed by atoms with Crippen LogP contribution in [-0.2, 0) is 0 Å². The lowest BCUT2D eigenvalue weighted by atomic mass is 9.91. The maximum absolute atomic E-state index is 14.7. The first kappa shape index (κ1) is 25.4. The quantitative estimate of drug-likeness (QED) is 0.526. The van der Waals surface area contributed by atoms with Crippen LogP contribution in [0.4, 0.5) is 4.39 Å². The number of hydrogen-bond donors (Lipinski definition) is 3. The van der Waals surface area contributed by atoms with Gasteiger partial charge in [-0.25, -0.2) is 4.39 Å². The highest BCUT2D eigenvalue weighted by Crippen LogP contribution is 2.31. The molecule has 0 bridgehead atoms. The summed E-state index contributed by atoms with van der Waals surface area (Å²) in [7, 11) is 3.94. The smallest absolute Gasteiger partial charge is 0.251 e. The Kier molecular flexibility index (Phi) is 7.41. The van der Waals surface area contributed by atoms with Crippen molar-refractivity contribution in [2.45, 2.75) is 39.7 Å². The highest BCUT2D eigenvalue weighted by atomic mass is 19.1. The van der Waals surface area contributed by atoms with Crippen LogP contribution in [0.1, 0.15) is 63.3 Å². The second-order valence-electron chi connectivity index (χ2n) is 10.1. The van der Waals surface area contributed by atoms with Gasteiger partial charge in [0.2, 0.25) is 5.91 Å². The average molecular weight is 469 g/mol. The molecule has 182 valence electrons. The van der Waals surface area contributed by atoms with E-state index in [1.807, 2.05) is 19.0 Å². The summed E-state index contributed by atoms with van der Waals surface area (Å²) in [5.41, 5.74) is 7.05. The number of nitrogens with one attached hydrogen (secondary N) is 2. The molecule has 0 saturated heterocycles. The van der Waals surface area contributed by atoms with E-state index >= 15 is 0 Å². The van der Waals surface area contributed by atoms with Gasteiger partial charge in [-0.3, -0.25) is 14.4 Å². The Morgan fingerprint density at radius 2 is 1.74 bits per heavy atom. The predicted molar refractivity (Wildman–Crippen MR) is 130 cm³/mol. The van der Waals surface area contributed by atoms with E-state index in [2.05, 4.69) is 24.5 Å². The van der Waals surface area contributed by atoms with Crippen molar-refractivity contribution in [1.29, 1.82) is 0 Å². The first-order valence-corrected chi connectivity index (χ1v) is 11.4. The maximum atomic E-state index is 14.7. The van der Waals surface area contributed by atoms with Crippen LogP contribution < -0.4 is 16.4 Å². The number of rotatable bonds is 9. The van der Waals surface area contributed by atoms with E-state index in [4.69, 9.17) is 5.73 Å². The highest BCUT2D eigenvalue weighted by Gasteiger charge is 2.26. The summed E-state index contributed by atoms with van der Waals surface area (Å²) in [6, 6.07) is 7.44. The summed E-state index contributed by atoms with van der Waals surface area (Å²) >= 11 is 0. The van der Waals surface area contributed by atoms with E-state index in [0.717, 1.165) is 19.4 Å². The van der Waals surface area contributed by atoms with E-state index in [1.165, 1.54) is 12.1 Å². The number of nitrogens with zero attached hydrogens (tertiary/aromatic N) is 1. The number of benzene rings is 2. The largest absolute Gasteiger partial charge is 0.366 e. The van der Waals surface area contributed by atoms with E-state index in [0.29, 0.717) is 17.7 Å². The monoisotopic (exact) mass is 468 g/mol. The van der Waals surface area contributed by atoms with E-state index in [9.17, 15) is 18.8 Å². The Labute approximate surface area is 199 Å². The van der Waals surface area contributed by atoms with E-state index in [1.54, 1.807) is 25.1 Å². The molecule has 2 aromatic carbocycles. The Balaban J connectivity index is 1.91. The topological polar surface area (TPSA) is 105 Å². The van der Waals surface area contributed by atoms with Gasteiger partial charge in [0.1, 0.15) is 5.82 Å². The lowest BCUT2D eigenvalue weighted by Crippen LogP contribution is -2.40. The summed E-state index contributed by atoms with van der Waals surface area (Å²) in [4.78, 5) is 39.6. The van der Waals surface area contributed by atoms with Crippen LogP contribution in [-0.4, -0.2) is 55.8 Å². The molecule has 34 heavy (non-hydrogen) atoms. The van der Waals surface area contributed by atoms with Crippen molar-refractivity contribution in [3.05, 3.63) is 58.4 Å². The van der Waals surface area contributed by atoms with Crippen molar-refractivity contribution in [1.82, 2.24) is 15.5 Å². The number of nitrogens with two attached hydrogens (primary N) is 1. The Bertz CT molecular complexity index is 1120. The van der Waals surface area contributed by atoms with Crippen LogP contribution in [0, 0.1) is 18.2 Å². The number of primary amides is 1. The molecule has 0 atom stereocenters. The third-order valence-electron chi connectivity index (χ3n) is 5.83. The van der Waals surface area contributed by atoms with Gasteiger partial charge in [0.05, 0.1) is 0 Å². The van der Waals surface area contributed by atoms with Crippen molar-refractivity contribution >= 4 is 17.7 Å². The van der Waals surface area contributed by atoms with Gasteiger partial charge in [0.25, 0.3) is 11.8 Å². The lowest BCUT2D eigenvalue weighted by Gasteiger charge is -2.28. The number of carbonyl (C=O) groups is 3. The summed E-state index contributed by atoms with van der Waals surface area (Å²) in [5, 5.41) is 5.75. The van der Waals surface area contributed by atoms with Gasteiger partial charge in [-0.05, 0) is 80.2 Å². The van der Waals surface area contributed by atoms with Crippen LogP contribution in [0.2, 0.25) is 0 Å². The Morgan fingerprint density at radius 3 is 2.32 bits per heavy atom. The molecule has 0 heterocycles. The molecule has 1 fully saturated rings. The molecule has 0 unspecified atom stereocenters. The minimum atomic E-state index is -0.745. The molecular formula is C26H33FN4O3. The summed E-state index contributed by atoms with van der Waals surface area (Å²) in [6.45, 7) is 6.91. The molecule has 7 nitrogen and oxygen atoms in total. The van der Waals surface area contributed by atoms with Gasteiger partial charge in [0, 0.05) is 35.8 Å². The number of hydrogen-bond acceptors (Lipinski definition) is 4. The van der Waals surface area contributed by atoms with Crippen LogP contribution in [0.3, 0.4) is 0 Å². The number of carbonyl (C=O) groups excluding carboxylic acids is 3. The summed E-state index contributed by atoms with van der Waals surface area (Å²) in [6.07, 6.45) is 1.82. The zero-order valence-corrected chi connectivity index (χ0v) is 20.4. The summed E-state index contributed by atoms with van der Waals surface area (Å²) in [5.74, 6) is -2.00. The van der Waals surface area contributed by atoms with Crippen LogP contribution in [0.5, 0.6) is 0 Å². The van der Waals surface area contributed by atoms with Crippen LogP contribution in [0.15, 0.2) is 30.3 Å². The Hall–Kier alpha value is -3.26. The molecule has 0 spiro atoms. The fourth-order valence-corrected chi connectivity index (χ4v) is 4.04.